The first-order valence-electron chi connectivity index (χ1n) is 6.02. The predicted octanol–water partition coefficient (Wildman–Crippen LogP) is 3.46. The molecule has 0 saturated carbocycles. The van der Waals surface area contributed by atoms with Crippen molar-refractivity contribution in [2.75, 3.05) is 0 Å². The van der Waals surface area contributed by atoms with Crippen molar-refractivity contribution in [3.8, 4) is 0 Å². The summed E-state index contributed by atoms with van der Waals surface area (Å²) in [5.41, 5.74) is 4.11. The van der Waals surface area contributed by atoms with Crippen molar-refractivity contribution in [1.82, 2.24) is 0 Å². The quantitative estimate of drug-likeness (QED) is 0.657. The summed E-state index contributed by atoms with van der Waals surface area (Å²) >= 11 is 0. The van der Waals surface area contributed by atoms with Crippen LogP contribution in [-0.2, 0) is 16.6 Å². The van der Waals surface area contributed by atoms with Gasteiger partial charge in [-0.3, -0.25) is 0 Å². The SMILES string of the molecule is CC1Cc2ccc(C(C)(C)C)cc2C1C=O. The fourth-order valence-corrected chi connectivity index (χ4v) is 2.55. The summed E-state index contributed by atoms with van der Waals surface area (Å²) in [5, 5.41) is 0. The maximum absolute atomic E-state index is 11.1. The second-order valence-corrected chi connectivity index (χ2v) is 6.01. The average Bonchev–Trinajstić information content (AvgIpc) is 2.50. The second-order valence-electron chi connectivity index (χ2n) is 6.01. The molecule has 2 rings (SSSR count). The molecular formula is C15H20O. The summed E-state index contributed by atoms with van der Waals surface area (Å²) in [5.74, 6) is 0.569. The Morgan fingerprint density at radius 3 is 2.56 bits per heavy atom. The summed E-state index contributed by atoms with van der Waals surface area (Å²) in [6.45, 7) is 8.80. The first-order valence-corrected chi connectivity index (χ1v) is 6.02. The van der Waals surface area contributed by atoms with Gasteiger partial charge < -0.3 is 4.79 Å². The van der Waals surface area contributed by atoms with Crippen LogP contribution in [-0.4, -0.2) is 6.29 Å². The van der Waals surface area contributed by atoms with E-state index in [1.165, 1.54) is 16.7 Å². The fraction of sp³-hybridized carbons (Fsp3) is 0.533. The molecule has 1 aromatic carbocycles. The third-order valence-electron chi connectivity index (χ3n) is 3.67. The molecule has 0 spiro atoms. The van der Waals surface area contributed by atoms with Crippen molar-refractivity contribution in [2.24, 2.45) is 5.92 Å². The molecule has 1 aliphatic carbocycles. The minimum Gasteiger partial charge on any atom is -0.303 e. The molecule has 0 aromatic heterocycles. The molecule has 0 aliphatic heterocycles. The molecule has 1 aliphatic rings. The first-order chi connectivity index (χ1) is 7.43. The monoisotopic (exact) mass is 216 g/mol. The zero-order valence-corrected chi connectivity index (χ0v) is 10.6. The summed E-state index contributed by atoms with van der Waals surface area (Å²) in [6.07, 6.45) is 2.16. The van der Waals surface area contributed by atoms with Gasteiger partial charge in [-0.25, -0.2) is 0 Å². The van der Waals surface area contributed by atoms with E-state index < -0.39 is 0 Å². The molecule has 0 bridgehead atoms. The molecule has 0 saturated heterocycles. The lowest BCUT2D eigenvalue weighted by Gasteiger charge is -2.20. The number of rotatable bonds is 1. The van der Waals surface area contributed by atoms with Crippen molar-refractivity contribution < 1.29 is 4.79 Å². The predicted molar refractivity (Wildman–Crippen MR) is 66.8 cm³/mol. The van der Waals surface area contributed by atoms with Crippen molar-refractivity contribution in [3.05, 3.63) is 34.9 Å². The van der Waals surface area contributed by atoms with Crippen LogP contribution < -0.4 is 0 Å². The van der Waals surface area contributed by atoms with E-state index in [-0.39, 0.29) is 11.3 Å². The smallest absolute Gasteiger partial charge is 0.127 e. The van der Waals surface area contributed by atoms with Crippen LogP contribution in [0.2, 0.25) is 0 Å². The average molecular weight is 216 g/mol. The second kappa shape index (κ2) is 3.73. The van der Waals surface area contributed by atoms with E-state index in [4.69, 9.17) is 0 Å². The van der Waals surface area contributed by atoms with Crippen LogP contribution in [0.4, 0.5) is 0 Å². The van der Waals surface area contributed by atoms with Gasteiger partial charge in [0, 0.05) is 5.92 Å². The fourth-order valence-electron chi connectivity index (χ4n) is 2.55. The molecule has 86 valence electrons. The Kier molecular flexibility index (Phi) is 2.65. The molecule has 0 radical (unpaired) electrons. The van der Waals surface area contributed by atoms with Gasteiger partial charge in [0.1, 0.15) is 6.29 Å². The Hall–Kier alpha value is -1.11. The van der Waals surface area contributed by atoms with Crippen LogP contribution >= 0.6 is 0 Å². The van der Waals surface area contributed by atoms with Gasteiger partial charge in [0.15, 0.2) is 0 Å². The molecule has 0 fully saturated rings. The lowest BCUT2D eigenvalue weighted by molar-refractivity contribution is -0.109. The number of carbonyl (C=O) groups excluding carboxylic acids is 1. The van der Waals surface area contributed by atoms with E-state index in [1.54, 1.807) is 0 Å². The third-order valence-corrected chi connectivity index (χ3v) is 3.67. The largest absolute Gasteiger partial charge is 0.303 e. The van der Waals surface area contributed by atoms with Gasteiger partial charge in [-0.1, -0.05) is 45.9 Å². The zero-order valence-electron chi connectivity index (χ0n) is 10.6. The van der Waals surface area contributed by atoms with Crippen molar-refractivity contribution in [2.45, 2.75) is 45.4 Å². The molecule has 2 atom stereocenters. The van der Waals surface area contributed by atoms with E-state index >= 15 is 0 Å². The summed E-state index contributed by atoms with van der Waals surface area (Å²) in [4.78, 5) is 11.1. The van der Waals surface area contributed by atoms with Crippen LogP contribution in [0.3, 0.4) is 0 Å². The highest BCUT2D eigenvalue weighted by molar-refractivity contribution is 5.66. The highest BCUT2D eigenvalue weighted by Crippen LogP contribution is 2.38. The number of benzene rings is 1. The van der Waals surface area contributed by atoms with Crippen LogP contribution in [0.5, 0.6) is 0 Å². The maximum atomic E-state index is 11.1. The standard InChI is InChI=1S/C15H20O/c1-10-7-11-5-6-12(15(2,3)4)8-13(11)14(10)9-16/h5-6,8-10,14H,7H2,1-4H3. The van der Waals surface area contributed by atoms with Crippen molar-refractivity contribution in [3.63, 3.8) is 0 Å². The van der Waals surface area contributed by atoms with Gasteiger partial charge in [0.2, 0.25) is 0 Å². The molecule has 16 heavy (non-hydrogen) atoms. The topological polar surface area (TPSA) is 17.1 Å². The molecule has 0 amide bonds. The Balaban J connectivity index is 2.47. The lowest BCUT2D eigenvalue weighted by Crippen LogP contribution is -2.12. The van der Waals surface area contributed by atoms with E-state index in [0.29, 0.717) is 5.92 Å². The lowest BCUT2D eigenvalue weighted by atomic mass is 9.84. The van der Waals surface area contributed by atoms with Crippen molar-refractivity contribution >= 4 is 6.29 Å². The molecule has 0 heterocycles. The number of aldehydes is 1. The van der Waals surface area contributed by atoms with Gasteiger partial charge in [-0.05, 0) is 34.4 Å². The minimum atomic E-state index is 0.109. The van der Waals surface area contributed by atoms with Gasteiger partial charge >= 0.3 is 0 Å². The molecule has 1 heteroatoms. The normalized spacial score (nSPS) is 24.2. The van der Waals surface area contributed by atoms with E-state index in [1.807, 2.05) is 0 Å². The number of carbonyl (C=O) groups is 1. The highest BCUT2D eigenvalue weighted by Gasteiger charge is 2.30. The van der Waals surface area contributed by atoms with Gasteiger partial charge in [-0.15, -0.1) is 0 Å². The van der Waals surface area contributed by atoms with Gasteiger partial charge in [0.25, 0.3) is 0 Å². The van der Waals surface area contributed by atoms with Gasteiger partial charge in [0.05, 0.1) is 0 Å². The van der Waals surface area contributed by atoms with Crippen molar-refractivity contribution in [1.29, 1.82) is 0 Å². The molecule has 2 unspecified atom stereocenters. The molecular weight excluding hydrogens is 196 g/mol. The number of fused-ring (bicyclic) bond motifs is 1. The number of hydrogen-bond donors (Lipinski definition) is 0. The highest BCUT2D eigenvalue weighted by atomic mass is 16.1. The molecule has 1 nitrogen and oxygen atoms in total. The van der Waals surface area contributed by atoms with Crippen LogP contribution in [0.15, 0.2) is 18.2 Å². The third kappa shape index (κ3) is 1.79. The Morgan fingerprint density at radius 1 is 1.31 bits per heavy atom. The summed E-state index contributed by atoms with van der Waals surface area (Å²) in [7, 11) is 0. The minimum absolute atomic E-state index is 0.109. The maximum Gasteiger partial charge on any atom is 0.127 e. The molecule has 0 N–H and O–H groups in total. The first kappa shape index (κ1) is 11.4. The Labute approximate surface area is 97.9 Å². The molecule has 1 aromatic rings. The zero-order chi connectivity index (χ0) is 11.9. The van der Waals surface area contributed by atoms with E-state index in [0.717, 1.165) is 12.7 Å². The summed E-state index contributed by atoms with van der Waals surface area (Å²) < 4.78 is 0. The summed E-state index contributed by atoms with van der Waals surface area (Å²) in [6, 6.07) is 6.65. The number of hydrogen-bond acceptors (Lipinski definition) is 1. The Bertz CT molecular complexity index is 412. The van der Waals surface area contributed by atoms with Crippen LogP contribution in [0, 0.1) is 5.92 Å². The van der Waals surface area contributed by atoms with E-state index in [2.05, 4.69) is 45.9 Å². The van der Waals surface area contributed by atoms with Crippen LogP contribution in [0.1, 0.15) is 50.3 Å². The van der Waals surface area contributed by atoms with E-state index in [9.17, 15) is 4.79 Å². The van der Waals surface area contributed by atoms with Gasteiger partial charge in [-0.2, -0.15) is 0 Å². The Morgan fingerprint density at radius 2 is 2.00 bits per heavy atom. The van der Waals surface area contributed by atoms with Crippen LogP contribution in [0.25, 0.3) is 0 Å².